The third-order valence-electron chi connectivity index (χ3n) is 5.54. The first-order valence-electron chi connectivity index (χ1n) is 11.5. The van der Waals surface area contributed by atoms with Crippen LogP contribution in [0, 0.1) is 6.92 Å². The minimum atomic E-state index is -0.376. The van der Waals surface area contributed by atoms with Gasteiger partial charge in [0.2, 0.25) is 5.91 Å². The van der Waals surface area contributed by atoms with Gasteiger partial charge in [-0.3, -0.25) is 4.79 Å². The fraction of sp³-hybridized carbons (Fsp3) is 0.417. The molecule has 1 aliphatic rings. The summed E-state index contributed by atoms with van der Waals surface area (Å²) >= 11 is 8.98. The van der Waals surface area contributed by atoms with Crippen molar-refractivity contribution in [1.29, 1.82) is 0 Å². The number of thioether (sulfide) groups is 1. The summed E-state index contributed by atoms with van der Waals surface area (Å²) in [6.45, 7) is 6.86. The lowest BCUT2D eigenvalue weighted by molar-refractivity contribution is -0.113. The van der Waals surface area contributed by atoms with E-state index in [0.29, 0.717) is 45.5 Å². The summed E-state index contributed by atoms with van der Waals surface area (Å²) in [7, 11) is 0. The molecule has 1 N–H and O–H groups in total. The number of ether oxygens (including phenoxy) is 2. The van der Waals surface area contributed by atoms with Crippen LogP contribution in [-0.2, 0) is 35.5 Å². The van der Waals surface area contributed by atoms with Crippen molar-refractivity contribution in [1.82, 2.24) is 14.8 Å². The molecule has 2 heterocycles. The van der Waals surface area contributed by atoms with Crippen LogP contribution in [0.1, 0.15) is 52.5 Å². The standard InChI is InChI=1S/C24H27ClN4O4S2/c1-4-29-19(12-33-17-11-14(3)9-10-16(17)25)27-28-24(29)34-13-20(30)26-22-21(23(31)32-5-2)15-7-6-8-18(15)35-22/h9-11H,4-8,12-13H2,1-3H3,(H,26,30). The second-order valence-corrected chi connectivity index (χ2v) is 10.4. The molecule has 0 radical (unpaired) electrons. The van der Waals surface area contributed by atoms with Gasteiger partial charge in [-0.15, -0.1) is 21.5 Å². The van der Waals surface area contributed by atoms with Crippen LogP contribution in [0.15, 0.2) is 23.4 Å². The van der Waals surface area contributed by atoms with E-state index >= 15 is 0 Å². The maximum absolute atomic E-state index is 12.8. The number of nitrogens with one attached hydrogen (secondary N) is 1. The number of amides is 1. The summed E-state index contributed by atoms with van der Waals surface area (Å²) in [6.07, 6.45) is 2.78. The number of halogens is 1. The maximum atomic E-state index is 12.8. The summed E-state index contributed by atoms with van der Waals surface area (Å²) in [5.74, 6) is 0.779. The lowest BCUT2D eigenvalue weighted by Gasteiger charge is -2.10. The normalized spacial score (nSPS) is 12.5. The van der Waals surface area contributed by atoms with Crippen molar-refractivity contribution in [3.05, 3.63) is 50.6 Å². The molecular weight excluding hydrogens is 508 g/mol. The molecule has 0 unspecified atom stereocenters. The maximum Gasteiger partial charge on any atom is 0.341 e. The molecule has 1 aliphatic carbocycles. The molecule has 1 amide bonds. The first-order valence-corrected chi connectivity index (χ1v) is 13.6. The number of rotatable bonds is 10. The first kappa shape index (κ1) is 25.5. The zero-order valence-corrected chi connectivity index (χ0v) is 22.2. The van der Waals surface area contributed by atoms with Crippen molar-refractivity contribution in [2.75, 3.05) is 17.7 Å². The van der Waals surface area contributed by atoms with Crippen LogP contribution in [0.2, 0.25) is 5.02 Å². The number of hydrogen-bond acceptors (Lipinski definition) is 8. The highest BCUT2D eigenvalue weighted by Crippen LogP contribution is 2.39. The Kier molecular flexibility index (Phi) is 8.35. The molecular formula is C24H27ClN4O4S2. The fourth-order valence-corrected chi connectivity index (χ4v) is 6.20. The Labute approximate surface area is 217 Å². The molecule has 4 rings (SSSR count). The largest absolute Gasteiger partial charge is 0.484 e. The van der Waals surface area contributed by atoms with Gasteiger partial charge >= 0.3 is 5.97 Å². The predicted octanol–water partition coefficient (Wildman–Crippen LogP) is 5.30. The quantitative estimate of drug-likeness (QED) is 0.278. The van der Waals surface area contributed by atoms with Crippen LogP contribution in [0.3, 0.4) is 0 Å². The lowest BCUT2D eigenvalue weighted by atomic mass is 10.1. The lowest BCUT2D eigenvalue weighted by Crippen LogP contribution is -2.17. The summed E-state index contributed by atoms with van der Waals surface area (Å²) < 4.78 is 13.0. The zero-order chi connectivity index (χ0) is 24.9. The third-order valence-corrected chi connectivity index (χ3v) is 8.03. The molecule has 1 aromatic carbocycles. The monoisotopic (exact) mass is 534 g/mol. The number of benzene rings is 1. The highest BCUT2D eigenvalue weighted by Gasteiger charge is 2.28. The molecule has 8 nitrogen and oxygen atoms in total. The second-order valence-electron chi connectivity index (χ2n) is 7.98. The van der Waals surface area contributed by atoms with Crippen LogP contribution in [0.25, 0.3) is 0 Å². The third kappa shape index (κ3) is 5.82. The van der Waals surface area contributed by atoms with Gasteiger partial charge in [-0.05, 0) is 63.3 Å². The summed E-state index contributed by atoms with van der Waals surface area (Å²) in [6, 6.07) is 5.59. The molecule has 11 heteroatoms. The van der Waals surface area contributed by atoms with Crippen LogP contribution < -0.4 is 10.1 Å². The second kappa shape index (κ2) is 11.5. The van der Waals surface area contributed by atoms with Gasteiger partial charge in [-0.2, -0.15) is 0 Å². The van der Waals surface area contributed by atoms with Gasteiger partial charge in [0, 0.05) is 11.4 Å². The number of aryl methyl sites for hydroxylation is 2. The fourth-order valence-electron chi connectivity index (χ4n) is 3.92. The van der Waals surface area contributed by atoms with Crippen LogP contribution in [-0.4, -0.2) is 39.0 Å². The van der Waals surface area contributed by atoms with E-state index in [4.69, 9.17) is 21.1 Å². The minimum Gasteiger partial charge on any atom is -0.484 e. The van der Waals surface area contributed by atoms with Gasteiger partial charge in [-0.25, -0.2) is 4.79 Å². The highest BCUT2D eigenvalue weighted by molar-refractivity contribution is 7.99. The first-order chi connectivity index (χ1) is 16.9. The summed E-state index contributed by atoms with van der Waals surface area (Å²) in [5, 5.41) is 13.1. The molecule has 35 heavy (non-hydrogen) atoms. The van der Waals surface area contributed by atoms with Crippen LogP contribution in [0.4, 0.5) is 5.00 Å². The van der Waals surface area contributed by atoms with E-state index in [1.807, 2.05) is 30.5 Å². The number of fused-ring (bicyclic) bond motifs is 1. The number of hydrogen-bond donors (Lipinski definition) is 1. The molecule has 2 aromatic heterocycles. The van der Waals surface area contributed by atoms with E-state index in [1.165, 1.54) is 23.1 Å². The number of esters is 1. The van der Waals surface area contributed by atoms with Gasteiger partial charge in [0.25, 0.3) is 0 Å². The van der Waals surface area contributed by atoms with E-state index in [1.54, 1.807) is 13.0 Å². The Morgan fingerprint density at radius 1 is 1.26 bits per heavy atom. The van der Waals surface area contributed by atoms with Crippen molar-refractivity contribution < 1.29 is 19.1 Å². The number of carbonyl (C=O) groups is 2. The minimum absolute atomic E-state index is 0.132. The van der Waals surface area contributed by atoms with Crippen molar-refractivity contribution in [2.24, 2.45) is 0 Å². The van der Waals surface area contributed by atoms with E-state index in [-0.39, 0.29) is 24.2 Å². The molecule has 0 bridgehead atoms. The van der Waals surface area contributed by atoms with Crippen molar-refractivity contribution >= 4 is 51.6 Å². The molecule has 0 aliphatic heterocycles. The Balaban J connectivity index is 1.40. The van der Waals surface area contributed by atoms with Crippen LogP contribution >= 0.6 is 34.7 Å². The summed E-state index contributed by atoms with van der Waals surface area (Å²) in [4.78, 5) is 26.4. The number of thiophene rings is 1. The predicted molar refractivity (Wildman–Crippen MR) is 138 cm³/mol. The Morgan fingerprint density at radius 2 is 2.09 bits per heavy atom. The molecule has 0 saturated heterocycles. The van der Waals surface area contributed by atoms with Crippen LogP contribution in [0.5, 0.6) is 5.75 Å². The van der Waals surface area contributed by atoms with Crippen molar-refractivity contribution in [3.63, 3.8) is 0 Å². The van der Waals surface area contributed by atoms with E-state index < -0.39 is 0 Å². The molecule has 3 aromatic rings. The average Bonchev–Trinajstić information content (AvgIpc) is 3.52. The molecule has 0 saturated carbocycles. The molecule has 0 fully saturated rings. The topological polar surface area (TPSA) is 95.3 Å². The van der Waals surface area contributed by atoms with Gasteiger partial charge < -0.3 is 19.4 Å². The molecule has 0 atom stereocenters. The summed E-state index contributed by atoms with van der Waals surface area (Å²) in [5.41, 5.74) is 2.57. The van der Waals surface area contributed by atoms with E-state index in [0.717, 1.165) is 35.3 Å². The zero-order valence-electron chi connectivity index (χ0n) is 19.9. The smallest absolute Gasteiger partial charge is 0.341 e. The Bertz CT molecular complexity index is 1240. The average molecular weight is 535 g/mol. The van der Waals surface area contributed by atoms with Crippen molar-refractivity contribution in [2.45, 2.75) is 58.3 Å². The number of aromatic nitrogens is 3. The number of anilines is 1. The Hall–Kier alpha value is -2.56. The van der Waals surface area contributed by atoms with Gasteiger partial charge in [0.1, 0.15) is 17.4 Å². The van der Waals surface area contributed by atoms with E-state index in [9.17, 15) is 9.59 Å². The number of carbonyl (C=O) groups excluding carboxylic acids is 2. The number of nitrogens with zero attached hydrogens (tertiary/aromatic N) is 3. The van der Waals surface area contributed by atoms with Crippen molar-refractivity contribution in [3.8, 4) is 5.75 Å². The highest BCUT2D eigenvalue weighted by atomic mass is 35.5. The van der Waals surface area contributed by atoms with Gasteiger partial charge in [-0.1, -0.05) is 29.4 Å². The van der Waals surface area contributed by atoms with Gasteiger partial charge in [0.05, 0.1) is 22.9 Å². The SMILES string of the molecule is CCOC(=O)c1c(NC(=O)CSc2nnc(COc3cc(C)ccc3Cl)n2CC)sc2c1CCC2. The molecule has 0 spiro atoms. The van der Waals surface area contributed by atoms with E-state index in [2.05, 4.69) is 15.5 Å². The Morgan fingerprint density at radius 3 is 2.86 bits per heavy atom. The van der Waals surface area contributed by atoms with Gasteiger partial charge in [0.15, 0.2) is 11.0 Å². The molecule has 186 valence electrons.